The maximum atomic E-state index is 5.33. The summed E-state index contributed by atoms with van der Waals surface area (Å²) in [5.41, 5.74) is 0.727. The lowest BCUT2D eigenvalue weighted by Gasteiger charge is -2.13. The van der Waals surface area contributed by atoms with Gasteiger partial charge in [-0.05, 0) is 35.8 Å². The van der Waals surface area contributed by atoms with Gasteiger partial charge in [0.1, 0.15) is 11.5 Å². The lowest BCUT2D eigenvalue weighted by Crippen LogP contribution is -2.28. The van der Waals surface area contributed by atoms with Gasteiger partial charge >= 0.3 is 0 Å². The highest BCUT2D eigenvalue weighted by Crippen LogP contribution is 2.29. The molecule has 0 unspecified atom stereocenters. The van der Waals surface area contributed by atoms with E-state index < -0.39 is 0 Å². The Morgan fingerprint density at radius 3 is 2.88 bits per heavy atom. The van der Waals surface area contributed by atoms with E-state index in [9.17, 15) is 0 Å². The van der Waals surface area contributed by atoms with E-state index in [1.807, 2.05) is 29.6 Å². The van der Waals surface area contributed by atoms with E-state index in [0.29, 0.717) is 34.9 Å². The molecular weight excluding hydrogens is 360 g/mol. The Morgan fingerprint density at radius 1 is 1.28 bits per heavy atom. The van der Waals surface area contributed by atoms with Gasteiger partial charge in [-0.3, -0.25) is 0 Å². The van der Waals surface area contributed by atoms with Gasteiger partial charge in [0.05, 0.1) is 31.3 Å². The number of methoxy groups -OCH3 is 2. The normalized spacial score (nSPS) is 10.3. The van der Waals surface area contributed by atoms with Gasteiger partial charge in [-0.2, -0.15) is 4.98 Å². The third-order valence-corrected chi connectivity index (χ3v) is 4.38. The van der Waals surface area contributed by atoms with Crippen molar-refractivity contribution in [1.82, 2.24) is 15.5 Å². The number of thiocarbonyl (C=S) groups is 1. The van der Waals surface area contributed by atoms with Crippen molar-refractivity contribution in [1.29, 1.82) is 0 Å². The van der Waals surface area contributed by atoms with Crippen molar-refractivity contribution in [3.8, 4) is 22.2 Å². The smallest absolute Gasteiger partial charge is 0.246 e. The first-order chi connectivity index (χ1) is 12.2. The van der Waals surface area contributed by atoms with Crippen molar-refractivity contribution in [3.63, 3.8) is 0 Å². The molecule has 130 valence electrons. The SMILES string of the molecule is COc1ccc(NC(=S)NCc2nc(-c3cccs3)no2)c(OC)c1. The van der Waals surface area contributed by atoms with E-state index in [4.69, 9.17) is 26.2 Å². The summed E-state index contributed by atoms with van der Waals surface area (Å²) >= 11 is 6.85. The molecule has 3 aromatic rings. The van der Waals surface area contributed by atoms with Gasteiger partial charge in [-0.1, -0.05) is 11.2 Å². The van der Waals surface area contributed by atoms with E-state index in [0.717, 1.165) is 10.6 Å². The second-order valence-electron chi connectivity index (χ2n) is 4.86. The minimum Gasteiger partial charge on any atom is -0.497 e. The molecule has 1 aromatic carbocycles. The van der Waals surface area contributed by atoms with Crippen molar-refractivity contribution >= 4 is 34.4 Å². The standard InChI is InChI=1S/C16H16N4O3S2/c1-21-10-5-6-11(12(8-10)22-2)18-16(24)17-9-14-19-15(20-23-14)13-4-3-7-25-13/h3-8H,9H2,1-2H3,(H2,17,18,24). The molecule has 0 amide bonds. The molecule has 2 aromatic heterocycles. The van der Waals surface area contributed by atoms with Crippen molar-refractivity contribution in [2.75, 3.05) is 19.5 Å². The third kappa shape index (κ3) is 4.25. The Hall–Kier alpha value is -2.65. The van der Waals surface area contributed by atoms with Crippen molar-refractivity contribution in [2.24, 2.45) is 0 Å². The second kappa shape index (κ2) is 7.95. The predicted octanol–water partition coefficient (Wildman–Crippen LogP) is 3.30. The van der Waals surface area contributed by atoms with Crippen LogP contribution in [0.5, 0.6) is 11.5 Å². The Bertz CT molecular complexity index is 849. The molecule has 3 rings (SSSR count). The average molecular weight is 376 g/mol. The average Bonchev–Trinajstić information content (AvgIpc) is 3.31. The number of nitrogens with zero attached hydrogens (tertiary/aromatic N) is 2. The lowest BCUT2D eigenvalue weighted by atomic mass is 10.2. The summed E-state index contributed by atoms with van der Waals surface area (Å²) < 4.78 is 15.7. The number of ether oxygens (including phenoxy) is 2. The number of hydrogen-bond acceptors (Lipinski definition) is 7. The second-order valence-corrected chi connectivity index (χ2v) is 6.22. The topological polar surface area (TPSA) is 81.4 Å². The van der Waals surface area contributed by atoms with Gasteiger partial charge in [0.2, 0.25) is 11.7 Å². The molecule has 7 nitrogen and oxygen atoms in total. The van der Waals surface area contributed by atoms with Crippen LogP contribution in [0.25, 0.3) is 10.7 Å². The summed E-state index contributed by atoms with van der Waals surface area (Å²) in [5.74, 6) is 2.35. The molecule has 0 atom stereocenters. The molecule has 0 saturated carbocycles. The number of aromatic nitrogens is 2. The molecule has 0 spiro atoms. The largest absolute Gasteiger partial charge is 0.497 e. The van der Waals surface area contributed by atoms with Crippen LogP contribution >= 0.6 is 23.6 Å². The number of thiophene rings is 1. The Kier molecular flexibility index (Phi) is 5.46. The number of anilines is 1. The Labute approximate surface area is 154 Å². The molecule has 0 aliphatic rings. The summed E-state index contributed by atoms with van der Waals surface area (Å²) in [6.07, 6.45) is 0. The zero-order valence-corrected chi connectivity index (χ0v) is 15.2. The highest BCUT2D eigenvalue weighted by Gasteiger charge is 2.11. The predicted molar refractivity (Wildman–Crippen MR) is 100 cm³/mol. The van der Waals surface area contributed by atoms with E-state index in [1.165, 1.54) is 0 Å². The van der Waals surface area contributed by atoms with Gasteiger partial charge in [0.15, 0.2) is 5.11 Å². The first-order valence-corrected chi connectivity index (χ1v) is 8.61. The van der Waals surface area contributed by atoms with Crippen LogP contribution in [0.2, 0.25) is 0 Å². The van der Waals surface area contributed by atoms with Crippen LogP contribution < -0.4 is 20.1 Å². The quantitative estimate of drug-likeness (QED) is 0.634. The zero-order valence-electron chi connectivity index (χ0n) is 13.6. The number of rotatable bonds is 6. The van der Waals surface area contributed by atoms with E-state index >= 15 is 0 Å². The fourth-order valence-electron chi connectivity index (χ4n) is 2.06. The van der Waals surface area contributed by atoms with Crippen molar-refractivity contribution < 1.29 is 14.0 Å². The van der Waals surface area contributed by atoms with E-state index in [2.05, 4.69) is 20.8 Å². The molecule has 0 aliphatic carbocycles. The molecule has 0 aliphatic heterocycles. The van der Waals surface area contributed by atoms with Crippen LogP contribution in [0.1, 0.15) is 5.89 Å². The van der Waals surface area contributed by atoms with Crippen LogP contribution in [0, 0.1) is 0 Å². The Morgan fingerprint density at radius 2 is 2.16 bits per heavy atom. The highest BCUT2D eigenvalue weighted by atomic mass is 32.1. The summed E-state index contributed by atoms with van der Waals surface area (Å²) in [7, 11) is 3.18. The summed E-state index contributed by atoms with van der Waals surface area (Å²) in [5, 5.41) is 12.4. The third-order valence-electron chi connectivity index (χ3n) is 3.27. The van der Waals surface area contributed by atoms with Gasteiger partial charge in [0.25, 0.3) is 0 Å². The van der Waals surface area contributed by atoms with Crippen molar-refractivity contribution in [2.45, 2.75) is 6.54 Å². The zero-order chi connectivity index (χ0) is 17.6. The molecular formula is C16H16N4O3S2. The highest BCUT2D eigenvalue weighted by molar-refractivity contribution is 7.80. The summed E-state index contributed by atoms with van der Waals surface area (Å²) in [4.78, 5) is 5.29. The summed E-state index contributed by atoms with van der Waals surface area (Å²) in [6, 6.07) is 9.30. The van der Waals surface area contributed by atoms with Crippen LogP contribution in [-0.2, 0) is 6.54 Å². The van der Waals surface area contributed by atoms with Crippen LogP contribution in [-0.4, -0.2) is 29.5 Å². The molecule has 2 N–H and O–H groups in total. The first-order valence-electron chi connectivity index (χ1n) is 7.33. The van der Waals surface area contributed by atoms with E-state index in [-0.39, 0.29) is 0 Å². The molecule has 25 heavy (non-hydrogen) atoms. The fraction of sp³-hybridized carbons (Fsp3) is 0.188. The molecule has 2 heterocycles. The molecule has 0 saturated heterocycles. The van der Waals surface area contributed by atoms with Gasteiger partial charge in [-0.25, -0.2) is 0 Å². The molecule has 9 heteroatoms. The fourth-order valence-corrected chi connectivity index (χ4v) is 2.89. The maximum absolute atomic E-state index is 5.33. The minimum absolute atomic E-state index is 0.322. The first kappa shape index (κ1) is 17.2. The monoisotopic (exact) mass is 376 g/mol. The maximum Gasteiger partial charge on any atom is 0.246 e. The van der Waals surface area contributed by atoms with Gasteiger partial charge < -0.3 is 24.6 Å². The van der Waals surface area contributed by atoms with Gasteiger partial charge in [0, 0.05) is 6.07 Å². The molecule has 0 radical (unpaired) electrons. The van der Waals surface area contributed by atoms with Crippen LogP contribution in [0.3, 0.4) is 0 Å². The lowest BCUT2D eigenvalue weighted by molar-refractivity contribution is 0.376. The molecule has 0 fully saturated rings. The van der Waals surface area contributed by atoms with Crippen LogP contribution in [0.15, 0.2) is 40.2 Å². The van der Waals surface area contributed by atoms with E-state index in [1.54, 1.807) is 31.6 Å². The number of benzene rings is 1. The molecule has 0 bridgehead atoms. The summed E-state index contributed by atoms with van der Waals surface area (Å²) in [6.45, 7) is 0.322. The van der Waals surface area contributed by atoms with Crippen molar-refractivity contribution in [3.05, 3.63) is 41.6 Å². The van der Waals surface area contributed by atoms with Gasteiger partial charge in [-0.15, -0.1) is 11.3 Å². The Balaban J connectivity index is 1.58. The van der Waals surface area contributed by atoms with Crippen LogP contribution in [0.4, 0.5) is 5.69 Å². The number of hydrogen-bond donors (Lipinski definition) is 2. The number of nitrogens with one attached hydrogen (secondary N) is 2. The minimum atomic E-state index is 0.322.